The maximum atomic E-state index is 12.0. The molecule has 0 aliphatic rings. The van der Waals surface area contributed by atoms with Crippen LogP contribution in [0.3, 0.4) is 0 Å². The van der Waals surface area contributed by atoms with E-state index >= 15 is 0 Å². The van der Waals surface area contributed by atoms with Crippen molar-refractivity contribution < 1.29 is 27.4 Å². The minimum atomic E-state index is -4.81. The van der Waals surface area contributed by atoms with Gasteiger partial charge >= 0.3 is 12.3 Å². The molecule has 0 saturated heterocycles. The van der Waals surface area contributed by atoms with Gasteiger partial charge in [0.25, 0.3) is 0 Å². The van der Waals surface area contributed by atoms with Crippen molar-refractivity contribution >= 4 is 17.6 Å². The number of esters is 1. The first-order valence-electron chi connectivity index (χ1n) is 4.99. The molecule has 0 saturated carbocycles. The molecular formula is C11H10ClF3O3. The molecule has 0 aromatic heterocycles. The average Bonchev–Trinajstić information content (AvgIpc) is 2.27. The molecule has 0 aliphatic carbocycles. The fourth-order valence-corrected chi connectivity index (χ4v) is 1.50. The second-order valence-electron chi connectivity index (χ2n) is 3.22. The zero-order valence-corrected chi connectivity index (χ0v) is 10.1. The molecular weight excluding hydrogens is 273 g/mol. The summed E-state index contributed by atoms with van der Waals surface area (Å²) in [6.07, 6.45) is -4.81. The van der Waals surface area contributed by atoms with Gasteiger partial charge in [-0.05, 0) is 24.6 Å². The summed E-state index contributed by atoms with van der Waals surface area (Å²) >= 11 is 5.59. The summed E-state index contributed by atoms with van der Waals surface area (Å²) in [5.74, 6) is -1.24. The lowest BCUT2D eigenvalue weighted by molar-refractivity contribution is -0.274. The molecule has 1 aromatic rings. The number of carbonyl (C=O) groups excluding carboxylic acids is 1. The largest absolute Gasteiger partial charge is 0.573 e. The topological polar surface area (TPSA) is 35.5 Å². The third-order valence-electron chi connectivity index (χ3n) is 1.95. The summed E-state index contributed by atoms with van der Waals surface area (Å²) in [6, 6.07) is 3.34. The Labute approximate surface area is 106 Å². The maximum absolute atomic E-state index is 12.0. The highest BCUT2D eigenvalue weighted by Gasteiger charge is 2.31. The van der Waals surface area contributed by atoms with Crippen LogP contribution in [0.5, 0.6) is 5.75 Å². The highest BCUT2D eigenvalue weighted by atomic mass is 35.5. The van der Waals surface area contributed by atoms with Gasteiger partial charge in [-0.2, -0.15) is 0 Å². The number of rotatable bonds is 4. The van der Waals surface area contributed by atoms with Crippen molar-refractivity contribution in [1.82, 2.24) is 0 Å². The first-order valence-corrected chi connectivity index (χ1v) is 5.52. The Morgan fingerprint density at radius 1 is 1.39 bits per heavy atom. The Bertz CT molecular complexity index is 432. The van der Waals surface area contributed by atoms with E-state index in [0.717, 1.165) is 12.1 Å². The van der Waals surface area contributed by atoms with E-state index in [1.807, 2.05) is 0 Å². The molecule has 7 heteroatoms. The lowest BCUT2D eigenvalue weighted by Gasteiger charge is -2.12. The van der Waals surface area contributed by atoms with Crippen LogP contribution in [0.2, 0.25) is 0 Å². The van der Waals surface area contributed by atoms with Crippen LogP contribution in [0.1, 0.15) is 22.8 Å². The summed E-state index contributed by atoms with van der Waals surface area (Å²) in [7, 11) is 0. The summed E-state index contributed by atoms with van der Waals surface area (Å²) in [4.78, 5) is 11.5. The molecule has 1 aromatic carbocycles. The number of halogens is 4. The Balaban J connectivity index is 3.05. The number of alkyl halides is 4. The van der Waals surface area contributed by atoms with Gasteiger partial charge in [-0.25, -0.2) is 4.79 Å². The van der Waals surface area contributed by atoms with Crippen molar-refractivity contribution in [3.05, 3.63) is 29.3 Å². The van der Waals surface area contributed by atoms with Crippen molar-refractivity contribution in [3.8, 4) is 5.75 Å². The number of ether oxygens (including phenoxy) is 2. The second-order valence-corrected chi connectivity index (χ2v) is 3.49. The summed E-state index contributed by atoms with van der Waals surface area (Å²) < 4.78 is 44.6. The molecule has 0 fully saturated rings. The van der Waals surface area contributed by atoms with Gasteiger partial charge in [0.2, 0.25) is 0 Å². The predicted octanol–water partition coefficient (Wildman–Crippen LogP) is 3.50. The fourth-order valence-electron chi connectivity index (χ4n) is 1.27. The van der Waals surface area contributed by atoms with Crippen LogP contribution in [0, 0.1) is 0 Å². The number of carbonyl (C=O) groups is 1. The van der Waals surface area contributed by atoms with Gasteiger partial charge in [-0.1, -0.05) is 6.07 Å². The first kappa shape index (κ1) is 14.6. The molecule has 100 valence electrons. The van der Waals surface area contributed by atoms with E-state index in [1.165, 1.54) is 6.07 Å². The maximum Gasteiger partial charge on any atom is 0.573 e. The summed E-state index contributed by atoms with van der Waals surface area (Å²) in [6.45, 7) is 1.71. The fraction of sp³-hybridized carbons (Fsp3) is 0.364. The van der Waals surface area contributed by atoms with Crippen LogP contribution in [0.15, 0.2) is 18.2 Å². The Morgan fingerprint density at radius 3 is 2.56 bits per heavy atom. The van der Waals surface area contributed by atoms with Crippen LogP contribution in [-0.2, 0) is 10.6 Å². The van der Waals surface area contributed by atoms with E-state index in [-0.39, 0.29) is 18.1 Å². The van der Waals surface area contributed by atoms with E-state index in [1.54, 1.807) is 6.92 Å². The van der Waals surface area contributed by atoms with E-state index in [0.29, 0.717) is 5.56 Å². The van der Waals surface area contributed by atoms with Crippen molar-refractivity contribution in [2.75, 3.05) is 6.61 Å². The Hall–Kier alpha value is -1.43. The average molecular weight is 283 g/mol. The molecule has 3 nitrogen and oxygen atoms in total. The molecule has 0 bridgehead atoms. The smallest absolute Gasteiger partial charge is 0.462 e. The summed E-state index contributed by atoms with van der Waals surface area (Å²) in [5.41, 5.74) is 0.346. The molecule has 0 heterocycles. The second kappa shape index (κ2) is 5.95. The molecule has 0 aliphatic heterocycles. The van der Waals surface area contributed by atoms with Crippen LogP contribution in [0.25, 0.3) is 0 Å². The third kappa shape index (κ3) is 4.10. The highest BCUT2D eigenvalue weighted by Crippen LogP contribution is 2.26. The molecule has 0 radical (unpaired) electrons. The minimum Gasteiger partial charge on any atom is -0.462 e. The van der Waals surface area contributed by atoms with Gasteiger partial charge in [-0.15, -0.1) is 24.8 Å². The van der Waals surface area contributed by atoms with Crippen molar-refractivity contribution in [1.29, 1.82) is 0 Å². The van der Waals surface area contributed by atoms with Crippen LogP contribution >= 0.6 is 11.6 Å². The van der Waals surface area contributed by atoms with E-state index in [2.05, 4.69) is 4.74 Å². The third-order valence-corrected chi connectivity index (χ3v) is 2.24. The number of hydrogen-bond acceptors (Lipinski definition) is 3. The SMILES string of the molecule is CCOC(=O)c1cc(OC(F)(F)F)ccc1CCl. The van der Waals surface area contributed by atoms with E-state index < -0.39 is 18.1 Å². The minimum absolute atomic E-state index is 0.0134. The molecule has 0 atom stereocenters. The van der Waals surface area contributed by atoms with Crippen molar-refractivity contribution in [2.45, 2.75) is 19.2 Å². The lowest BCUT2D eigenvalue weighted by Crippen LogP contribution is -2.18. The quantitative estimate of drug-likeness (QED) is 0.626. The first-order chi connectivity index (χ1) is 8.37. The molecule has 18 heavy (non-hydrogen) atoms. The number of benzene rings is 1. The van der Waals surface area contributed by atoms with Gasteiger partial charge in [0.15, 0.2) is 0 Å². The molecule has 0 unspecified atom stereocenters. The van der Waals surface area contributed by atoms with Crippen LogP contribution < -0.4 is 4.74 Å². The van der Waals surface area contributed by atoms with Gasteiger partial charge in [0, 0.05) is 5.88 Å². The van der Waals surface area contributed by atoms with Crippen LogP contribution in [-0.4, -0.2) is 18.9 Å². The highest BCUT2D eigenvalue weighted by molar-refractivity contribution is 6.17. The van der Waals surface area contributed by atoms with Gasteiger partial charge in [-0.3, -0.25) is 0 Å². The molecule has 1 rings (SSSR count). The van der Waals surface area contributed by atoms with Crippen LogP contribution in [0.4, 0.5) is 13.2 Å². The zero-order valence-electron chi connectivity index (χ0n) is 9.38. The molecule has 0 amide bonds. The van der Waals surface area contributed by atoms with Crippen molar-refractivity contribution in [3.63, 3.8) is 0 Å². The Kier molecular flexibility index (Phi) is 4.84. The normalized spacial score (nSPS) is 11.2. The zero-order chi connectivity index (χ0) is 13.8. The molecule has 0 spiro atoms. The van der Waals surface area contributed by atoms with E-state index in [9.17, 15) is 18.0 Å². The van der Waals surface area contributed by atoms with Gasteiger partial charge < -0.3 is 9.47 Å². The van der Waals surface area contributed by atoms with Crippen molar-refractivity contribution in [2.24, 2.45) is 0 Å². The van der Waals surface area contributed by atoms with E-state index in [4.69, 9.17) is 16.3 Å². The van der Waals surface area contributed by atoms with Gasteiger partial charge in [0.05, 0.1) is 12.2 Å². The standard InChI is InChI=1S/C11H10ClF3O3/c1-2-17-10(16)9-5-8(18-11(13,14)15)4-3-7(9)6-12/h3-5H,2,6H2,1H3. The van der Waals surface area contributed by atoms with Gasteiger partial charge in [0.1, 0.15) is 5.75 Å². The summed E-state index contributed by atoms with van der Waals surface area (Å²) in [5, 5.41) is 0. The Morgan fingerprint density at radius 2 is 2.06 bits per heavy atom. The lowest BCUT2D eigenvalue weighted by atomic mass is 10.1. The molecule has 0 N–H and O–H groups in total. The monoisotopic (exact) mass is 282 g/mol. The predicted molar refractivity (Wildman–Crippen MR) is 58.6 cm³/mol. The number of hydrogen-bond donors (Lipinski definition) is 0.